The fraction of sp³-hybridized carbons (Fsp3) is 0.235. The summed E-state index contributed by atoms with van der Waals surface area (Å²) in [6.45, 7) is -1.21. The summed E-state index contributed by atoms with van der Waals surface area (Å²) in [5, 5.41) is 2.69. The van der Waals surface area contributed by atoms with E-state index >= 15 is 0 Å². The highest BCUT2D eigenvalue weighted by Gasteiger charge is 2.19. The van der Waals surface area contributed by atoms with Crippen molar-refractivity contribution in [2.24, 2.45) is 0 Å². The predicted octanol–water partition coefficient (Wildman–Crippen LogP) is 3.18. The number of amides is 1. The van der Waals surface area contributed by atoms with Crippen molar-refractivity contribution in [3.63, 3.8) is 0 Å². The average molecular weight is 369 g/mol. The van der Waals surface area contributed by atoms with Gasteiger partial charge in [-0.25, -0.2) is 8.42 Å². The van der Waals surface area contributed by atoms with E-state index in [4.69, 9.17) is 0 Å². The van der Waals surface area contributed by atoms with Crippen LogP contribution in [0.3, 0.4) is 0 Å². The zero-order valence-electron chi connectivity index (χ0n) is 13.6. The van der Waals surface area contributed by atoms with Crippen molar-refractivity contribution in [3.05, 3.63) is 59.7 Å². The Hall–Kier alpha value is -2.48. The molecule has 25 heavy (non-hydrogen) atoms. The van der Waals surface area contributed by atoms with Gasteiger partial charge in [-0.15, -0.1) is 0 Å². The van der Waals surface area contributed by atoms with E-state index in [1.807, 2.05) is 0 Å². The molecule has 0 aromatic heterocycles. The van der Waals surface area contributed by atoms with Crippen LogP contribution in [0.5, 0.6) is 5.75 Å². The third kappa shape index (κ3) is 4.99. The lowest BCUT2D eigenvalue weighted by atomic mass is 10.1. The fourth-order valence-electron chi connectivity index (χ4n) is 2.27. The molecule has 0 aliphatic carbocycles. The molecule has 0 heterocycles. The number of benzene rings is 2. The molecular formula is C17H17F2NO4S. The van der Waals surface area contributed by atoms with Crippen LogP contribution in [0.2, 0.25) is 0 Å². The summed E-state index contributed by atoms with van der Waals surface area (Å²) in [6.07, 6.45) is 1.03. The van der Waals surface area contributed by atoms with Gasteiger partial charge in [0.05, 0.1) is 16.5 Å². The summed E-state index contributed by atoms with van der Waals surface area (Å²) in [5.74, 6) is -0.527. The van der Waals surface area contributed by atoms with E-state index in [9.17, 15) is 22.0 Å². The van der Waals surface area contributed by atoms with Crippen LogP contribution in [0.1, 0.15) is 28.9 Å². The van der Waals surface area contributed by atoms with Gasteiger partial charge in [-0.2, -0.15) is 8.78 Å². The first-order chi connectivity index (χ1) is 11.7. The van der Waals surface area contributed by atoms with Crippen molar-refractivity contribution >= 4 is 15.7 Å². The van der Waals surface area contributed by atoms with E-state index in [-0.39, 0.29) is 16.2 Å². The molecule has 8 heteroatoms. The van der Waals surface area contributed by atoms with Crippen LogP contribution in [0.4, 0.5) is 8.78 Å². The summed E-state index contributed by atoms with van der Waals surface area (Å²) in [5.41, 5.74) is 0.710. The predicted molar refractivity (Wildman–Crippen MR) is 88.5 cm³/mol. The van der Waals surface area contributed by atoms with Gasteiger partial charge in [-0.3, -0.25) is 4.79 Å². The topological polar surface area (TPSA) is 72.5 Å². The molecule has 1 atom stereocenters. The van der Waals surface area contributed by atoms with E-state index in [2.05, 4.69) is 10.1 Å². The van der Waals surface area contributed by atoms with Gasteiger partial charge >= 0.3 is 6.61 Å². The molecule has 0 bridgehead atoms. The molecule has 0 aliphatic heterocycles. The Morgan fingerprint density at radius 2 is 1.68 bits per heavy atom. The second kappa shape index (κ2) is 7.60. The van der Waals surface area contributed by atoms with Gasteiger partial charge in [0.25, 0.3) is 5.91 Å². The monoisotopic (exact) mass is 369 g/mol. The molecule has 2 aromatic rings. The number of hydrogen-bond donors (Lipinski definition) is 1. The Labute approximate surface area is 144 Å². The number of halogens is 2. The minimum absolute atomic E-state index is 0.0136. The number of alkyl halides is 2. The normalized spacial score (nSPS) is 12.7. The molecule has 0 radical (unpaired) electrons. The molecule has 0 spiro atoms. The number of rotatable bonds is 6. The van der Waals surface area contributed by atoms with Gasteiger partial charge in [-0.1, -0.05) is 24.3 Å². The molecule has 0 saturated carbocycles. The summed E-state index contributed by atoms with van der Waals surface area (Å²) in [7, 11) is -3.54. The Kier molecular flexibility index (Phi) is 5.73. The van der Waals surface area contributed by atoms with Gasteiger partial charge in [-0.05, 0) is 36.8 Å². The lowest BCUT2D eigenvalue weighted by Gasteiger charge is -2.16. The van der Waals surface area contributed by atoms with Crippen LogP contribution in [0.15, 0.2) is 53.4 Å². The Bertz CT molecular complexity index is 851. The zero-order valence-corrected chi connectivity index (χ0v) is 14.4. The van der Waals surface area contributed by atoms with Crippen LogP contribution in [-0.2, 0) is 9.84 Å². The zero-order chi connectivity index (χ0) is 18.6. The number of sulfone groups is 1. The largest absolute Gasteiger partial charge is 0.435 e. The molecule has 0 fully saturated rings. The highest BCUT2D eigenvalue weighted by molar-refractivity contribution is 7.90. The summed E-state index contributed by atoms with van der Waals surface area (Å²) in [4.78, 5) is 12.4. The van der Waals surface area contributed by atoms with E-state index in [0.717, 1.165) is 6.26 Å². The Morgan fingerprint density at radius 1 is 1.08 bits per heavy atom. The van der Waals surface area contributed by atoms with Gasteiger partial charge in [0, 0.05) is 6.26 Å². The molecule has 1 amide bonds. The van der Waals surface area contributed by atoms with Crippen molar-refractivity contribution in [3.8, 4) is 5.75 Å². The molecular weight excluding hydrogens is 352 g/mol. The summed E-state index contributed by atoms with van der Waals surface area (Å²) < 4.78 is 52.1. The van der Waals surface area contributed by atoms with E-state index < -0.39 is 28.4 Å². The third-order valence-corrected chi connectivity index (χ3v) is 4.64. The van der Waals surface area contributed by atoms with Crippen molar-refractivity contribution in [1.82, 2.24) is 5.32 Å². The lowest BCUT2D eigenvalue weighted by molar-refractivity contribution is -0.0498. The van der Waals surface area contributed by atoms with Gasteiger partial charge in [0.15, 0.2) is 9.84 Å². The maximum atomic E-state index is 12.4. The molecule has 2 rings (SSSR count). The Morgan fingerprint density at radius 3 is 2.24 bits per heavy atom. The maximum absolute atomic E-state index is 12.4. The van der Waals surface area contributed by atoms with Crippen LogP contribution in [0.25, 0.3) is 0 Å². The van der Waals surface area contributed by atoms with Gasteiger partial charge in [0.1, 0.15) is 5.75 Å². The number of nitrogens with one attached hydrogen (secondary N) is 1. The quantitative estimate of drug-likeness (QED) is 0.849. The van der Waals surface area contributed by atoms with E-state index in [1.165, 1.54) is 24.3 Å². The maximum Gasteiger partial charge on any atom is 0.387 e. The van der Waals surface area contributed by atoms with Crippen molar-refractivity contribution in [2.45, 2.75) is 24.5 Å². The van der Waals surface area contributed by atoms with Crippen molar-refractivity contribution in [1.29, 1.82) is 0 Å². The number of carbonyl (C=O) groups excluding carboxylic acids is 1. The highest BCUT2D eigenvalue weighted by atomic mass is 32.2. The second-order valence-electron chi connectivity index (χ2n) is 5.41. The Balaban J connectivity index is 2.16. The lowest BCUT2D eigenvalue weighted by Crippen LogP contribution is -2.28. The standard InChI is InChI=1S/C17H17F2NO4S/c1-11(12-7-9-13(10-8-12)24-17(18)19)20-16(21)14-5-3-4-6-15(14)25(2,22)23/h3-11,17H,1-2H3,(H,20,21). The highest BCUT2D eigenvalue weighted by Crippen LogP contribution is 2.21. The first-order valence-corrected chi connectivity index (χ1v) is 9.22. The summed E-state index contributed by atoms with van der Waals surface area (Å²) in [6, 6.07) is 11.3. The molecule has 0 aliphatic rings. The van der Waals surface area contributed by atoms with Crippen LogP contribution >= 0.6 is 0 Å². The van der Waals surface area contributed by atoms with E-state index in [1.54, 1.807) is 31.2 Å². The minimum Gasteiger partial charge on any atom is -0.435 e. The molecule has 0 saturated heterocycles. The van der Waals surface area contributed by atoms with Crippen LogP contribution in [0, 0.1) is 0 Å². The van der Waals surface area contributed by atoms with Crippen molar-refractivity contribution in [2.75, 3.05) is 6.26 Å². The van der Waals surface area contributed by atoms with Gasteiger partial charge in [0.2, 0.25) is 0 Å². The SMILES string of the molecule is CC(NC(=O)c1ccccc1S(C)(=O)=O)c1ccc(OC(F)F)cc1. The third-order valence-electron chi connectivity index (χ3n) is 3.48. The molecule has 134 valence electrons. The average Bonchev–Trinajstić information content (AvgIpc) is 2.54. The first kappa shape index (κ1) is 18.9. The first-order valence-electron chi connectivity index (χ1n) is 7.33. The van der Waals surface area contributed by atoms with Crippen LogP contribution in [-0.4, -0.2) is 27.2 Å². The fourth-order valence-corrected chi connectivity index (χ4v) is 3.16. The molecule has 1 N–H and O–H groups in total. The molecule has 1 unspecified atom stereocenters. The number of hydrogen-bond acceptors (Lipinski definition) is 4. The van der Waals surface area contributed by atoms with E-state index in [0.29, 0.717) is 5.56 Å². The van der Waals surface area contributed by atoms with Crippen molar-refractivity contribution < 1.29 is 26.7 Å². The minimum atomic E-state index is -3.54. The summed E-state index contributed by atoms with van der Waals surface area (Å²) >= 11 is 0. The van der Waals surface area contributed by atoms with Crippen LogP contribution < -0.4 is 10.1 Å². The smallest absolute Gasteiger partial charge is 0.387 e. The second-order valence-corrected chi connectivity index (χ2v) is 7.40. The molecule has 5 nitrogen and oxygen atoms in total. The van der Waals surface area contributed by atoms with Gasteiger partial charge < -0.3 is 10.1 Å². The number of ether oxygens (including phenoxy) is 1. The molecule has 2 aromatic carbocycles. The number of carbonyl (C=O) groups is 1.